The van der Waals surface area contributed by atoms with Gasteiger partial charge >= 0.3 is 0 Å². The fourth-order valence-corrected chi connectivity index (χ4v) is 2.25. The molecule has 0 aliphatic carbocycles. The lowest BCUT2D eigenvalue weighted by Gasteiger charge is -2.14. The van der Waals surface area contributed by atoms with Gasteiger partial charge in [0.15, 0.2) is 11.5 Å². The molecule has 0 heterocycles. The van der Waals surface area contributed by atoms with Crippen molar-refractivity contribution in [3.8, 4) is 11.5 Å². The van der Waals surface area contributed by atoms with E-state index in [1.807, 2.05) is 38.1 Å². The molecule has 0 amide bonds. The molecular formula is C17H18ClNO3. The van der Waals surface area contributed by atoms with Crippen molar-refractivity contribution in [1.29, 1.82) is 0 Å². The normalized spacial score (nSPS) is 10.9. The van der Waals surface area contributed by atoms with Crippen LogP contribution >= 0.6 is 11.6 Å². The van der Waals surface area contributed by atoms with Crippen LogP contribution in [0.5, 0.6) is 11.5 Å². The summed E-state index contributed by atoms with van der Waals surface area (Å²) in [5.74, 6) is 1.01. The minimum Gasteiger partial charge on any atom is -0.490 e. The van der Waals surface area contributed by atoms with Crippen LogP contribution < -0.4 is 9.47 Å². The number of aryl methyl sites for hydroxylation is 1. The van der Waals surface area contributed by atoms with Crippen molar-refractivity contribution >= 4 is 17.8 Å². The van der Waals surface area contributed by atoms with E-state index in [0.29, 0.717) is 35.3 Å². The molecule has 0 aliphatic rings. The van der Waals surface area contributed by atoms with Crippen LogP contribution in [0.15, 0.2) is 41.6 Å². The van der Waals surface area contributed by atoms with E-state index in [9.17, 15) is 0 Å². The molecule has 0 unspecified atom stereocenters. The molecule has 2 rings (SSSR count). The Hall–Kier alpha value is -2.20. The molecule has 0 saturated carbocycles. The Morgan fingerprint density at radius 1 is 1.18 bits per heavy atom. The predicted octanol–water partition coefficient (Wildman–Crippen LogP) is 4.43. The third kappa shape index (κ3) is 4.15. The van der Waals surface area contributed by atoms with Gasteiger partial charge in [-0.1, -0.05) is 46.6 Å². The lowest BCUT2D eigenvalue weighted by atomic mass is 10.1. The Morgan fingerprint density at radius 3 is 2.55 bits per heavy atom. The highest BCUT2D eigenvalue weighted by Crippen LogP contribution is 2.36. The van der Waals surface area contributed by atoms with Crippen LogP contribution in [0, 0.1) is 6.92 Å². The lowest BCUT2D eigenvalue weighted by Crippen LogP contribution is -2.01. The van der Waals surface area contributed by atoms with Crippen molar-refractivity contribution in [2.24, 2.45) is 5.16 Å². The Balaban J connectivity index is 2.22. The summed E-state index contributed by atoms with van der Waals surface area (Å²) in [5, 5.41) is 12.0. The summed E-state index contributed by atoms with van der Waals surface area (Å²) in [6.07, 6.45) is 1.29. The topological polar surface area (TPSA) is 51.0 Å². The van der Waals surface area contributed by atoms with Crippen LogP contribution in [0.1, 0.15) is 23.6 Å². The van der Waals surface area contributed by atoms with Gasteiger partial charge in [0.2, 0.25) is 0 Å². The van der Waals surface area contributed by atoms with Gasteiger partial charge < -0.3 is 14.7 Å². The van der Waals surface area contributed by atoms with Crippen LogP contribution in [0.2, 0.25) is 5.02 Å². The third-order valence-electron chi connectivity index (χ3n) is 3.04. The largest absolute Gasteiger partial charge is 0.490 e. The number of nitrogens with zero attached hydrogens (tertiary/aromatic N) is 1. The van der Waals surface area contributed by atoms with Gasteiger partial charge in [-0.15, -0.1) is 0 Å². The zero-order valence-electron chi connectivity index (χ0n) is 12.5. The molecule has 0 aromatic heterocycles. The van der Waals surface area contributed by atoms with Crippen LogP contribution in [0.4, 0.5) is 0 Å². The number of benzene rings is 2. The molecule has 5 heteroatoms. The van der Waals surface area contributed by atoms with Crippen molar-refractivity contribution in [2.45, 2.75) is 20.5 Å². The molecule has 0 saturated heterocycles. The van der Waals surface area contributed by atoms with Crippen molar-refractivity contribution in [3.63, 3.8) is 0 Å². The molecule has 0 bridgehead atoms. The first-order valence-corrected chi connectivity index (χ1v) is 7.34. The second kappa shape index (κ2) is 7.71. The van der Waals surface area contributed by atoms with E-state index in [1.165, 1.54) is 11.8 Å². The number of rotatable bonds is 6. The van der Waals surface area contributed by atoms with E-state index in [2.05, 4.69) is 5.16 Å². The summed E-state index contributed by atoms with van der Waals surface area (Å²) in [5.41, 5.74) is 2.88. The summed E-state index contributed by atoms with van der Waals surface area (Å²) in [7, 11) is 0. The van der Waals surface area contributed by atoms with Gasteiger partial charge in [-0.3, -0.25) is 0 Å². The van der Waals surface area contributed by atoms with Crippen LogP contribution in [-0.4, -0.2) is 18.0 Å². The first-order valence-electron chi connectivity index (χ1n) is 6.96. The zero-order chi connectivity index (χ0) is 15.9. The van der Waals surface area contributed by atoms with Crippen molar-refractivity contribution in [2.75, 3.05) is 6.61 Å². The standard InChI is InChI=1S/C17H18ClNO3/c1-3-21-16-9-14(10-19-20)8-15(18)17(16)22-11-13-6-4-12(2)5-7-13/h4-10,20H,3,11H2,1-2H3/b19-10-. The number of ether oxygens (including phenoxy) is 2. The summed E-state index contributed by atoms with van der Waals surface area (Å²) in [6, 6.07) is 11.5. The monoisotopic (exact) mass is 319 g/mol. The van der Waals surface area contributed by atoms with Crippen molar-refractivity contribution in [1.82, 2.24) is 0 Å². The van der Waals surface area contributed by atoms with Crippen LogP contribution in [-0.2, 0) is 6.61 Å². The summed E-state index contributed by atoms with van der Waals surface area (Å²) >= 11 is 6.25. The van der Waals surface area contributed by atoms with Crippen LogP contribution in [0.3, 0.4) is 0 Å². The molecule has 0 aliphatic heterocycles. The van der Waals surface area contributed by atoms with Gasteiger partial charge in [-0.25, -0.2) is 0 Å². The summed E-state index contributed by atoms with van der Waals surface area (Å²) in [4.78, 5) is 0. The number of halogens is 1. The van der Waals surface area contributed by atoms with Crippen molar-refractivity contribution < 1.29 is 14.7 Å². The first-order chi connectivity index (χ1) is 10.6. The van der Waals surface area contributed by atoms with Gasteiger partial charge in [0.05, 0.1) is 17.8 Å². The smallest absolute Gasteiger partial charge is 0.180 e. The summed E-state index contributed by atoms with van der Waals surface area (Å²) < 4.78 is 11.4. The maximum absolute atomic E-state index is 8.63. The highest BCUT2D eigenvalue weighted by Gasteiger charge is 2.12. The van der Waals surface area contributed by atoms with E-state index >= 15 is 0 Å². The van der Waals surface area contributed by atoms with Gasteiger partial charge in [-0.05, 0) is 31.5 Å². The highest BCUT2D eigenvalue weighted by atomic mass is 35.5. The van der Waals surface area contributed by atoms with E-state index in [0.717, 1.165) is 5.56 Å². The molecule has 2 aromatic carbocycles. The second-order valence-corrected chi connectivity index (χ2v) is 5.19. The second-order valence-electron chi connectivity index (χ2n) is 4.78. The average molecular weight is 320 g/mol. The van der Waals surface area contributed by atoms with E-state index in [-0.39, 0.29) is 0 Å². The third-order valence-corrected chi connectivity index (χ3v) is 3.32. The Kier molecular flexibility index (Phi) is 5.67. The fraction of sp³-hybridized carbons (Fsp3) is 0.235. The Labute approximate surface area is 134 Å². The lowest BCUT2D eigenvalue weighted by molar-refractivity contribution is 0.269. The molecule has 0 fully saturated rings. The number of hydrogen-bond acceptors (Lipinski definition) is 4. The first kappa shape index (κ1) is 16.2. The number of hydrogen-bond donors (Lipinski definition) is 1. The number of oxime groups is 1. The van der Waals surface area contributed by atoms with E-state index in [4.69, 9.17) is 26.3 Å². The molecule has 22 heavy (non-hydrogen) atoms. The van der Waals surface area contributed by atoms with Crippen LogP contribution in [0.25, 0.3) is 0 Å². The average Bonchev–Trinajstić information content (AvgIpc) is 2.49. The predicted molar refractivity (Wildman–Crippen MR) is 87.5 cm³/mol. The molecular weight excluding hydrogens is 302 g/mol. The Morgan fingerprint density at radius 2 is 1.91 bits per heavy atom. The van der Waals surface area contributed by atoms with Crippen molar-refractivity contribution in [3.05, 3.63) is 58.1 Å². The molecule has 2 aromatic rings. The molecule has 4 nitrogen and oxygen atoms in total. The van der Waals surface area contributed by atoms with Gasteiger partial charge in [0.25, 0.3) is 0 Å². The molecule has 1 N–H and O–H groups in total. The minimum atomic E-state index is 0.396. The SMILES string of the molecule is CCOc1cc(/C=N\O)cc(Cl)c1OCc1ccc(C)cc1. The maximum atomic E-state index is 8.63. The summed E-state index contributed by atoms with van der Waals surface area (Å²) in [6.45, 7) is 4.80. The van der Waals surface area contributed by atoms with Gasteiger partial charge in [-0.2, -0.15) is 0 Å². The highest BCUT2D eigenvalue weighted by molar-refractivity contribution is 6.32. The Bertz CT molecular complexity index is 654. The zero-order valence-corrected chi connectivity index (χ0v) is 13.3. The molecule has 0 spiro atoms. The molecule has 0 atom stereocenters. The van der Waals surface area contributed by atoms with E-state index < -0.39 is 0 Å². The maximum Gasteiger partial charge on any atom is 0.180 e. The molecule has 116 valence electrons. The minimum absolute atomic E-state index is 0.396. The van der Waals surface area contributed by atoms with Gasteiger partial charge in [0.1, 0.15) is 6.61 Å². The fourth-order valence-electron chi connectivity index (χ4n) is 1.97. The van der Waals surface area contributed by atoms with Gasteiger partial charge in [0, 0.05) is 5.56 Å². The molecule has 0 radical (unpaired) electrons. The van der Waals surface area contributed by atoms with E-state index in [1.54, 1.807) is 12.1 Å². The quantitative estimate of drug-likeness (QED) is 0.486.